The minimum Gasteiger partial charge on any atom is -0.489 e. The first-order chi connectivity index (χ1) is 21.6. The van der Waals surface area contributed by atoms with Crippen LogP contribution in [0.5, 0.6) is 11.5 Å². The van der Waals surface area contributed by atoms with Crippen molar-refractivity contribution in [2.45, 2.75) is 72.3 Å². The Hall–Kier alpha value is -3.70. The average Bonchev–Trinajstić information content (AvgIpc) is 3.06. The monoisotopic (exact) mass is 605 g/mol. The lowest BCUT2D eigenvalue weighted by molar-refractivity contribution is -0.212. The van der Waals surface area contributed by atoms with Crippen molar-refractivity contribution in [1.29, 1.82) is 0 Å². The van der Waals surface area contributed by atoms with E-state index in [1.54, 1.807) is 0 Å². The van der Waals surface area contributed by atoms with Crippen LogP contribution in [0, 0.1) is 23.7 Å². The number of carbonyl (C=O) groups is 1. The van der Waals surface area contributed by atoms with E-state index in [9.17, 15) is 4.79 Å². The molecule has 0 aromatic heterocycles. The van der Waals surface area contributed by atoms with Gasteiger partial charge >= 0.3 is 5.97 Å². The fraction of sp³-hybridized carbons (Fsp3) is 0.359. The van der Waals surface area contributed by atoms with E-state index in [1.807, 2.05) is 24.3 Å². The topological polar surface area (TPSA) is 44.8 Å². The summed E-state index contributed by atoms with van der Waals surface area (Å²) in [5.41, 5.74) is 0.758. The molecule has 4 fully saturated rings. The van der Waals surface area contributed by atoms with Gasteiger partial charge in [-0.1, -0.05) is 55.5 Å². The van der Waals surface area contributed by atoms with Crippen LogP contribution in [-0.4, -0.2) is 18.2 Å². The van der Waals surface area contributed by atoms with Gasteiger partial charge in [0.2, 0.25) is 0 Å². The molecule has 0 atom stereocenters. The van der Waals surface area contributed by atoms with Crippen LogP contribution in [0.1, 0.15) is 51.0 Å². The molecule has 5 heteroatoms. The number of carbonyl (C=O) groups excluding carboxylic acids is 1. The van der Waals surface area contributed by atoms with Gasteiger partial charge in [-0.05, 0) is 128 Å². The fourth-order valence-corrected chi connectivity index (χ4v) is 10.3. The molecule has 0 saturated heterocycles. The van der Waals surface area contributed by atoms with E-state index in [1.165, 1.54) is 46.8 Å². The van der Waals surface area contributed by atoms with Gasteiger partial charge in [0.15, 0.2) is 21.3 Å². The maximum atomic E-state index is 13.0. The van der Waals surface area contributed by atoms with E-state index in [-0.39, 0.29) is 29.1 Å². The van der Waals surface area contributed by atoms with Crippen LogP contribution in [0.15, 0.2) is 124 Å². The molecular weight excluding hydrogens is 564 g/mol. The van der Waals surface area contributed by atoms with Gasteiger partial charge in [0, 0.05) is 0 Å². The second-order valence-corrected chi connectivity index (χ2v) is 14.7. The van der Waals surface area contributed by atoms with Gasteiger partial charge in [-0.15, -0.1) is 0 Å². The molecule has 4 aliphatic rings. The van der Waals surface area contributed by atoms with Crippen molar-refractivity contribution in [2.24, 2.45) is 23.7 Å². The zero-order valence-electron chi connectivity index (χ0n) is 25.4. The third-order valence-electron chi connectivity index (χ3n) is 10.1. The summed E-state index contributed by atoms with van der Waals surface area (Å²) in [6.07, 6.45) is 7.21. The van der Waals surface area contributed by atoms with Crippen molar-refractivity contribution < 1.29 is 19.0 Å². The second kappa shape index (κ2) is 12.7. The van der Waals surface area contributed by atoms with Crippen LogP contribution < -0.4 is 9.47 Å². The molecule has 0 unspecified atom stereocenters. The molecule has 0 radical (unpaired) electrons. The van der Waals surface area contributed by atoms with Gasteiger partial charge < -0.3 is 14.2 Å². The summed E-state index contributed by atoms with van der Waals surface area (Å²) >= 11 is 0. The molecule has 226 valence electrons. The predicted octanol–water partition coefficient (Wildman–Crippen LogP) is 8.89. The normalized spacial score (nSPS) is 25.1. The Morgan fingerprint density at radius 3 is 1.70 bits per heavy atom. The molecule has 0 N–H and O–H groups in total. The molecule has 4 aliphatic carbocycles. The molecule has 4 nitrogen and oxygen atoms in total. The van der Waals surface area contributed by atoms with Gasteiger partial charge in [0.25, 0.3) is 0 Å². The number of benzene rings is 4. The summed E-state index contributed by atoms with van der Waals surface area (Å²) in [6.45, 7) is 2.59. The number of rotatable bonds is 11. The van der Waals surface area contributed by atoms with Crippen molar-refractivity contribution in [1.82, 2.24) is 0 Å². The molecular formula is C39H41O4S+. The van der Waals surface area contributed by atoms with Crippen molar-refractivity contribution >= 4 is 16.9 Å². The minimum absolute atomic E-state index is 0.0517. The number of hydrogen-bond donors (Lipinski definition) is 0. The molecule has 4 bridgehead atoms. The van der Waals surface area contributed by atoms with E-state index in [0.29, 0.717) is 24.2 Å². The lowest BCUT2D eigenvalue weighted by Crippen LogP contribution is -2.59. The van der Waals surface area contributed by atoms with Gasteiger partial charge in [-0.2, -0.15) is 0 Å². The van der Waals surface area contributed by atoms with Crippen LogP contribution in [-0.2, 0) is 27.0 Å². The molecule has 0 aliphatic heterocycles. The Morgan fingerprint density at radius 2 is 1.16 bits per heavy atom. The maximum Gasteiger partial charge on any atom is 0.344 e. The van der Waals surface area contributed by atoms with E-state index in [4.69, 9.17) is 14.2 Å². The largest absolute Gasteiger partial charge is 0.489 e. The minimum atomic E-state index is -0.280. The Labute approximate surface area is 264 Å². The number of hydrogen-bond acceptors (Lipinski definition) is 4. The predicted molar refractivity (Wildman–Crippen MR) is 174 cm³/mol. The highest BCUT2D eigenvalue weighted by Gasteiger charge is 2.58. The Kier molecular flexibility index (Phi) is 8.40. The molecule has 4 saturated carbocycles. The van der Waals surface area contributed by atoms with Crippen molar-refractivity contribution in [3.63, 3.8) is 0 Å². The maximum absolute atomic E-state index is 13.0. The zero-order chi connectivity index (χ0) is 29.9. The van der Waals surface area contributed by atoms with E-state index in [2.05, 4.69) is 91.9 Å². The van der Waals surface area contributed by atoms with Crippen molar-refractivity contribution in [3.05, 3.63) is 115 Å². The third-order valence-corrected chi connectivity index (χ3v) is 12.3. The Morgan fingerprint density at radius 1 is 0.659 bits per heavy atom. The van der Waals surface area contributed by atoms with Crippen LogP contribution in [0.25, 0.3) is 0 Å². The van der Waals surface area contributed by atoms with Crippen LogP contribution in [0.3, 0.4) is 0 Å². The zero-order valence-corrected chi connectivity index (χ0v) is 26.2. The summed E-state index contributed by atoms with van der Waals surface area (Å²) in [7, 11) is -0.180. The summed E-state index contributed by atoms with van der Waals surface area (Å²) < 4.78 is 18.3. The summed E-state index contributed by atoms with van der Waals surface area (Å²) in [5, 5.41) is 0. The first-order valence-corrected chi connectivity index (χ1v) is 17.3. The van der Waals surface area contributed by atoms with Crippen LogP contribution >= 0.6 is 0 Å². The number of esters is 1. The quantitative estimate of drug-likeness (QED) is 0.127. The van der Waals surface area contributed by atoms with Gasteiger partial charge in [0.1, 0.15) is 23.7 Å². The molecule has 4 aromatic carbocycles. The van der Waals surface area contributed by atoms with Gasteiger partial charge in [-0.25, -0.2) is 4.79 Å². The fourth-order valence-electron chi connectivity index (χ4n) is 8.22. The van der Waals surface area contributed by atoms with E-state index >= 15 is 0 Å². The average molecular weight is 606 g/mol. The SMILES string of the molecule is CCC1(OC(=O)COc2ccc(COc3ccc([S+](c4ccccc4)c4ccccc4)cc3)cc2)C2CC3CC(C2)CC1C3. The molecule has 0 amide bonds. The van der Waals surface area contributed by atoms with Gasteiger partial charge in [0.05, 0.1) is 10.9 Å². The van der Waals surface area contributed by atoms with Crippen LogP contribution in [0.2, 0.25) is 0 Å². The molecule has 0 heterocycles. The first kappa shape index (κ1) is 29.0. The van der Waals surface area contributed by atoms with E-state index in [0.717, 1.165) is 29.6 Å². The second-order valence-electron chi connectivity index (χ2n) is 12.7. The molecule has 4 aromatic rings. The molecule has 44 heavy (non-hydrogen) atoms. The lowest BCUT2D eigenvalue weighted by Gasteiger charge is -2.60. The third kappa shape index (κ3) is 5.99. The highest BCUT2D eigenvalue weighted by Crippen LogP contribution is 2.60. The number of ether oxygens (including phenoxy) is 3. The summed E-state index contributed by atoms with van der Waals surface area (Å²) in [4.78, 5) is 16.8. The van der Waals surface area contributed by atoms with E-state index < -0.39 is 0 Å². The highest BCUT2D eigenvalue weighted by atomic mass is 32.2. The first-order valence-electron chi connectivity index (χ1n) is 16.1. The standard InChI is InChI=1S/C39H41O4S/c1-2-39(31-22-29-21-30(24-31)25-32(39)23-29)43-38(40)27-42-33-15-13-28(14-16-33)26-41-34-17-19-37(20-18-34)44(35-9-5-3-6-10-35)36-11-7-4-8-12-36/h3-20,29-32H,2,21-27H2,1H3/q+1. The van der Waals surface area contributed by atoms with Crippen LogP contribution in [0.4, 0.5) is 0 Å². The Balaban J connectivity index is 0.926. The van der Waals surface area contributed by atoms with Crippen molar-refractivity contribution in [3.8, 4) is 11.5 Å². The summed E-state index contributed by atoms with van der Waals surface area (Å²) in [6, 6.07) is 37.5. The Bertz CT molecular complexity index is 1470. The summed E-state index contributed by atoms with van der Waals surface area (Å²) in [5.74, 6) is 4.01. The highest BCUT2D eigenvalue weighted by molar-refractivity contribution is 7.97. The van der Waals surface area contributed by atoms with Crippen molar-refractivity contribution in [2.75, 3.05) is 6.61 Å². The van der Waals surface area contributed by atoms with Gasteiger partial charge in [-0.3, -0.25) is 0 Å². The molecule has 0 spiro atoms. The smallest absolute Gasteiger partial charge is 0.344 e. The molecule has 8 rings (SSSR count). The lowest BCUT2D eigenvalue weighted by atomic mass is 9.49.